The Kier molecular flexibility index (Phi) is 5.10. The number of halogens is 4. The van der Waals surface area contributed by atoms with Crippen LogP contribution in [0.2, 0.25) is 0 Å². The second-order valence-electron chi connectivity index (χ2n) is 4.51. The second kappa shape index (κ2) is 6.65. The lowest BCUT2D eigenvalue weighted by atomic mass is 10.1. The summed E-state index contributed by atoms with van der Waals surface area (Å²) in [6, 6.07) is 3.37. The summed E-state index contributed by atoms with van der Waals surface area (Å²) in [7, 11) is 0. The predicted molar refractivity (Wildman–Crippen MR) is 76.9 cm³/mol. The Hall–Kier alpha value is -1.28. The third-order valence-electron chi connectivity index (χ3n) is 3.07. The van der Waals surface area contributed by atoms with E-state index < -0.39 is 17.6 Å². The van der Waals surface area contributed by atoms with Crippen LogP contribution in [0.25, 0.3) is 0 Å². The molecule has 21 heavy (non-hydrogen) atoms. The molecular formula is C13H14BrF3N2O2. The molecule has 2 rings (SSSR count). The van der Waals surface area contributed by atoms with Crippen LogP contribution in [0.3, 0.4) is 0 Å². The van der Waals surface area contributed by atoms with Gasteiger partial charge >= 0.3 is 6.18 Å². The van der Waals surface area contributed by atoms with Crippen molar-refractivity contribution in [2.45, 2.75) is 6.18 Å². The Morgan fingerprint density at radius 3 is 2.57 bits per heavy atom. The summed E-state index contributed by atoms with van der Waals surface area (Å²) in [6.45, 7) is 2.16. The Morgan fingerprint density at radius 2 is 2.00 bits per heavy atom. The third-order valence-corrected chi connectivity index (χ3v) is 3.58. The molecule has 1 heterocycles. The van der Waals surface area contributed by atoms with Crippen molar-refractivity contribution >= 4 is 33.2 Å². The minimum absolute atomic E-state index is 0.0196. The molecule has 1 saturated heterocycles. The van der Waals surface area contributed by atoms with E-state index in [0.717, 1.165) is 12.1 Å². The van der Waals surface area contributed by atoms with Gasteiger partial charge in [-0.25, -0.2) is 0 Å². The first kappa shape index (κ1) is 16.1. The summed E-state index contributed by atoms with van der Waals surface area (Å²) in [5.74, 6) is -0.399. The Labute approximate surface area is 128 Å². The maximum absolute atomic E-state index is 12.8. The number of nitrogens with zero attached hydrogens (tertiary/aromatic N) is 1. The number of hydrogen-bond donors (Lipinski definition) is 1. The Balaban J connectivity index is 2.35. The number of rotatable bonds is 3. The van der Waals surface area contributed by atoms with E-state index in [-0.39, 0.29) is 11.0 Å². The van der Waals surface area contributed by atoms with E-state index in [9.17, 15) is 18.0 Å². The summed E-state index contributed by atoms with van der Waals surface area (Å²) < 4.78 is 43.6. The second-order valence-corrected chi connectivity index (χ2v) is 5.07. The molecule has 0 unspecified atom stereocenters. The highest BCUT2D eigenvalue weighted by Crippen LogP contribution is 2.35. The van der Waals surface area contributed by atoms with Crippen molar-refractivity contribution < 1.29 is 22.7 Å². The van der Waals surface area contributed by atoms with Gasteiger partial charge in [0.2, 0.25) is 5.91 Å². The summed E-state index contributed by atoms with van der Waals surface area (Å²) in [4.78, 5) is 13.4. The zero-order chi connectivity index (χ0) is 15.5. The molecule has 0 atom stereocenters. The number of ether oxygens (including phenoxy) is 1. The number of benzene rings is 1. The van der Waals surface area contributed by atoms with Crippen LogP contribution in [0.5, 0.6) is 0 Å². The van der Waals surface area contributed by atoms with Crippen LogP contribution < -0.4 is 10.2 Å². The smallest absolute Gasteiger partial charge is 0.378 e. The normalized spacial score (nSPS) is 15.9. The highest BCUT2D eigenvalue weighted by atomic mass is 79.9. The third kappa shape index (κ3) is 4.10. The van der Waals surface area contributed by atoms with Crippen molar-refractivity contribution in [3.8, 4) is 0 Å². The van der Waals surface area contributed by atoms with Gasteiger partial charge in [0.05, 0.1) is 35.5 Å². The van der Waals surface area contributed by atoms with Gasteiger partial charge < -0.3 is 15.0 Å². The highest BCUT2D eigenvalue weighted by molar-refractivity contribution is 9.09. The summed E-state index contributed by atoms with van der Waals surface area (Å²) in [6.07, 6.45) is -4.45. The highest BCUT2D eigenvalue weighted by Gasteiger charge is 2.31. The molecule has 1 aromatic carbocycles. The molecule has 4 nitrogen and oxygen atoms in total. The quantitative estimate of drug-likeness (QED) is 0.836. The lowest BCUT2D eigenvalue weighted by molar-refractivity contribution is -0.137. The standard InChI is InChI=1S/C13H14BrF3N2O2/c14-8-12(20)18-10-7-9(13(15,16)17)1-2-11(10)19-3-5-21-6-4-19/h1-2,7H,3-6,8H2,(H,18,20). The van der Waals surface area contributed by atoms with Crippen molar-refractivity contribution in [3.05, 3.63) is 23.8 Å². The van der Waals surface area contributed by atoms with Crippen LogP contribution in [-0.4, -0.2) is 37.5 Å². The van der Waals surface area contributed by atoms with E-state index >= 15 is 0 Å². The number of carbonyl (C=O) groups is 1. The zero-order valence-electron chi connectivity index (χ0n) is 11.0. The molecule has 1 aliphatic heterocycles. The number of amides is 1. The minimum Gasteiger partial charge on any atom is -0.378 e. The molecule has 8 heteroatoms. The maximum Gasteiger partial charge on any atom is 0.416 e. The molecule has 0 bridgehead atoms. The fourth-order valence-corrected chi connectivity index (χ4v) is 2.22. The molecule has 0 radical (unpaired) electrons. The topological polar surface area (TPSA) is 41.6 Å². The van der Waals surface area contributed by atoms with Gasteiger partial charge in [0, 0.05) is 13.1 Å². The van der Waals surface area contributed by atoms with E-state index in [2.05, 4.69) is 21.2 Å². The summed E-state index contributed by atoms with van der Waals surface area (Å²) >= 11 is 2.98. The first-order valence-electron chi connectivity index (χ1n) is 6.31. The Bertz CT molecular complexity index is 517. The fraction of sp³-hybridized carbons (Fsp3) is 0.462. The summed E-state index contributed by atoms with van der Waals surface area (Å²) in [5, 5.41) is 2.52. The van der Waals surface area contributed by atoms with Gasteiger partial charge in [0.1, 0.15) is 0 Å². The average molecular weight is 367 g/mol. The molecule has 116 valence electrons. The number of nitrogens with one attached hydrogen (secondary N) is 1. The molecule has 0 spiro atoms. The van der Waals surface area contributed by atoms with Crippen LogP contribution in [0, 0.1) is 0 Å². The van der Waals surface area contributed by atoms with E-state index in [1.54, 1.807) is 0 Å². The SMILES string of the molecule is O=C(CBr)Nc1cc(C(F)(F)F)ccc1N1CCOCC1. The fourth-order valence-electron chi connectivity index (χ4n) is 2.08. The van der Waals surface area contributed by atoms with Gasteiger partial charge in [0.15, 0.2) is 0 Å². The van der Waals surface area contributed by atoms with Crippen molar-refractivity contribution in [2.75, 3.05) is 41.9 Å². The minimum atomic E-state index is -4.45. The van der Waals surface area contributed by atoms with E-state index in [1.807, 2.05) is 4.90 Å². The average Bonchev–Trinajstić information content (AvgIpc) is 2.47. The molecule has 1 aliphatic rings. The monoisotopic (exact) mass is 366 g/mol. The molecule has 1 N–H and O–H groups in total. The molecule has 0 aliphatic carbocycles. The van der Waals surface area contributed by atoms with Gasteiger partial charge in [-0.1, -0.05) is 15.9 Å². The lowest BCUT2D eigenvalue weighted by Crippen LogP contribution is -2.37. The first-order chi connectivity index (χ1) is 9.91. The number of carbonyl (C=O) groups excluding carboxylic acids is 1. The van der Waals surface area contributed by atoms with Crippen molar-refractivity contribution in [2.24, 2.45) is 0 Å². The summed E-state index contributed by atoms with van der Waals surface area (Å²) in [5.41, 5.74) is -0.0545. The number of alkyl halides is 4. The molecule has 0 aromatic heterocycles. The van der Waals surface area contributed by atoms with Gasteiger partial charge in [0.25, 0.3) is 0 Å². The Morgan fingerprint density at radius 1 is 1.33 bits per heavy atom. The van der Waals surface area contributed by atoms with Gasteiger partial charge in [-0.05, 0) is 18.2 Å². The van der Waals surface area contributed by atoms with Gasteiger partial charge in [-0.2, -0.15) is 13.2 Å². The van der Waals surface area contributed by atoms with Gasteiger partial charge in [-0.3, -0.25) is 4.79 Å². The predicted octanol–water partition coefficient (Wildman–Crippen LogP) is 2.88. The van der Waals surface area contributed by atoms with Crippen LogP contribution in [-0.2, 0) is 15.7 Å². The largest absolute Gasteiger partial charge is 0.416 e. The number of anilines is 2. The van der Waals surface area contributed by atoms with Crippen molar-refractivity contribution in [1.82, 2.24) is 0 Å². The number of morpholine rings is 1. The molecule has 0 saturated carbocycles. The van der Waals surface area contributed by atoms with Gasteiger partial charge in [-0.15, -0.1) is 0 Å². The number of hydrogen-bond acceptors (Lipinski definition) is 3. The molecule has 1 amide bonds. The zero-order valence-corrected chi connectivity index (χ0v) is 12.6. The van der Waals surface area contributed by atoms with Crippen molar-refractivity contribution in [1.29, 1.82) is 0 Å². The van der Waals surface area contributed by atoms with E-state index in [1.165, 1.54) is 6.07 Å². The van der Waals surface area contributed by atoms with E-state index in [4.69, 9.17) is 4.74 Å². The molecule has 1 fully saturated rings. The molecule has 1 aromatic rings. The van der Waals surface area contributed by atoms with E-state index in [0.29, 0.717) is 32.0 Å². The lowest BCUT2D eigenvalue weighted by Gasteiger charge is -2.31. The van der Waals surface area contributed by atoms with Crippen LogP contribution in [0.15, 0.2) is 18.2 Å². The van der Waals surface area contributed by atoms with Crippen molar-refractivity contribution in [3.63, 3.8) is 0 Å². The van der Waals surface area contributed by atoms with Crippen LogP contribution in [0.1, 0.15) is 5.56 Å². The molecular weight excluding hydrogens is 353 g/mol. The van der Waals surface area contributed by atoms with Crippen LogP contribution in [0.4, 0.5) is 24.5 Å². The maximum atomic E-state index is 12.8. The van der Waals surface area contributed by atoms with Crippen LogP contribution >= 0.6 is 15.9 Å². The first-order valence-corrected chi connectivity index (χ1v) is 7.43.